The zero-order chi connectivity index (χ0) is 14.1. The molecule has 0 aliphatic heterocycles. The lowest BCUT2D eigenvalue weighted by molar-refractivity contribution is -0.385. The second kappa shape index (κ2) is 5.00. The number of halogens is 2. The van der Waals surface area contributed by atoms with E-state index in [1.54, 1.807) is 0 Å². The standard InChI is InChI=1S/C9H9Cl2NO5S/c1-18(16,17)9(10,11)8(13)6-3-2-4-7(5-6)12(14)15/h2-5,8,13H,1H3. The van der Waals surface area contributed by atoms with Gasteiger partial charge in [0.25, 0.3) is 5.69 Å². The fourth-order valence-electron chi connectivity index (χ4n) is 1.21. The monoisotopic (exact) mass is 313 g/mol. The average Bonchev–Trinajstić information content (AvgIpc) is 2.26. The Hall–Kier alpha value is -0.890. The number of rotatable bonds is 4. The van der Waals surface area contributed by atoms with E-state index in [4.69, 9.17) is 23.2 Å². The Kier molecular flexibility index (Phi) is 4.22. The lowest BCUT2D eigenvalue weighted by atomic mass is 10.1. The highest BCUT2D eigenvalue weighted by Gasteiger charge is 2.45. The third-order valence-corrected chi connectivity index (χ3v) is 5.52. The highest BCUT2D eigenvalue weighted by molar-refractivity contribution is 7.94. The van der Waals surface area contributed by atoms with E-state index in [2.05, 4.69) is 0 Å². The highest BCUT2D eigenvalue weighted by atomic mass is 35.5. The van der Waals surface area contributed by atoms with E-state index in [0.29, 0.717) is 0 Å². The number of nitro benzene ring substituents is 1. The molecule has 0 aliphatic rings. The number of aliphatic hydroxyl groups excluding tert-OH is 1. The van der Waals surface area contributed by atoms with Gasteiger partial charge >= 0.3 is 0 Å². The molecule has 0 aliphatic carbocycles. The molecule has 1 atom stereocenters. The Balaban J connectivity index is 3.23. The molecule has 0 saturated heterocycles. The second-order valence-electron chi connectivity index (χ2n) is 3.59. The molecule has 18 heavy (non-hydrogen) atoms. The van der Waals surface area contributed by atoms with Gasteiger partial charge in [0, 0.05) is 18.4 Å². The minimum atomic E-state index is -3.97. The van der Waals surface area contributed by atoms with Gasteiger partial charge in [0.2, 0.25) is 3.67 Å². The molecule has 0 heterocycles. The van der Waals surface area contributed by atoms with E-state index in [9.17, 15) is 23.6 Å². The first kappa shape index (κ1) is 15.2. The first-order valence-corrected chi connectivity index (χ1v) is 7.22. The summed E-state index contributed by atoms with van der Waals surface area (Å²) in [5.41, 5.74) is -0.358. The van der Waals surface area contributed by atoms with Crippen LogP contribution in [0.5, 0.6) is 0 Å². The first-order valence-electron chi connectivity index (χ1n) is 4.57. The normalized spacial score (nSPS) is 14.2. The molecule has 1 N–H and O–H groups in total. The summed E-state index contributed by atoms with van der Waals surface area (Å²) >= 11 is 11.2. The van der Waals surface area contributed by atoms with Crippen LogP contribution < -0.4 is 0 Å². The van der Waals surface area contributed by atoms with Crippen molar-refractivity contribution < 1.29 is 18.4 Å². The Morgan fingerprint density at radius 3 is 2.44 bits per heavy atom. The van der Waals surface area contributed by atoms with Gasteiger partial charge in [-0.15, -0.1) is 0 Å². The van der Waals surface area contributed by atoms with Crippen molar-refractivity contribution >= 4 is 38.7 Å². The average molecular weight is 314 g/mol. The number of nitro groups is 1. The van der Waals surface area contributed by atoms with Crippen LogP contribution in [-0.4, -0.2) is 28.4 Å². The van der Waals surface area contributed by atoms with Crippen LogP contribution in [-0.2, 0) is 9.84 Å². The van der Waals surface area contributed by atoms with Crippen LogP contribution in [0.3, 0.4) is 0 Å². The largest absolute Gasteiger partial charge is 0.384 e. The number of benzene rings is 1. The van der Waals surface area contributed by atoms with Crippen LogP contribution >= 0.6 is 23.2 Å². The zero-order valence-electron chi connectivity index (χ0n) is 9.08. The van der Waals surface area contributed by atoms with Gasteiger partial charge in [-0.1, -0.05) is 35.3 Å². The number of aliphatic hydroxyl groups is 1. The molecule has 0 bridgehead atoms. The maximum atomic E-state index is 11.3. The van der Waals surface area contributed by atoms with Crippen molar-refractivity contribution in [2.75, 3.05) is 6.26 Å². The lowest BCUT2D eigenvalue weighted by Crippen LogP contribution is -2.32. The zero-order valence-corrected chi connectivity index (χ0v) is 11.4. The van der Waals surface area contributed by atoms with E-state index >= 15 is 0 Å². The van der Waals surface area contributed by atoms with Crippen LogP contribution in [0, 0.1) is 10.1 Å². The molecule has 1 aromatic rings. The predicted molar refractivity (Wildman–Crippen MR) is 67.3 cm³/mol. The summed E-state index contributed by atoms with van der Waals surface area (Å²) in [4.78, 5) is 9.88. The van der Waals surface area contributed by atoms with Gasteiger partial charge in [0.15, 0.2) is 9.84 Å². The van der Waals surface area contributed by atoms with Crippen LogP contribution in [0.4, 0.5) is 5.69 Å². The van der Waals surface area contributed by atoms with E-state index in [0.717, 1.165) is 12.3 Å². The van der Waals surface area contributed by atoms with Gasteiger partial charge in [-0.25, -0.2) is 8.42 Å². The molecule has 0 spiro atoms. The van der Waals surface area contributed by atoms with E-state index in [1.807, 2.05) is 0 Å². The van der Waals surface area contributed by atoms with Gasteiger partial charge < -0.3 is 5.11 Å². The number of alkyl halides is 2. The van der Waals surface area contributed by atoms with Gasteiger partial charge in [-0.05, 0) is 5.56 Å². The molecule has 100 valence electrons. The summed E-state index contributed by atoms with van der Waals surface area (Å²) in [6, 6.07) is 4.79. The van der Waals surface area contributed by atoms with Gasteiger partial charge in [-0.3, -0.25) is 10.1 Å². The Morgan fingerprint density at radius 2 is 2.00 bits per heavy atom. The fourth-order valence-corrected chi connectivity index (χ4v) is 2.00. The molecule has 0 saturated carbocycles. The molecule has 1 rings (SSSR count). The van der Waals surface area contributed by atoms with Gasteiger partial charge in [0.1, 0.15) is 6.10 Å². The van der Waals surface area contributed by atoms with Crippen LogP contribution in [0.25, 0.3) is 0 Å². The van der Waals surface area contributed by atoms with E-state index in [-0.39, 0.29) is 11.3 Å². The molecule has 0 aromatic heterocycles. The maximum Gasteiger partial charge on any atom is 0.269 e. The summed E-state index contributed by atoms with van der Waals surface area (Å²) in [5, 5.41) is 20.4. The predicted octanol–water partition coefficient (Wildman–Crippen LogP) is 1.80. The molecule has 1 unspecified atom stereocenters. The number of sulfone groups is 1. The summed E-state index contributed by atoms with van der Waals surface area (Å²) in [5.74, 6) is 0. The van der Waals surface area contributed by atoms with Crippen LogP contribution in [0.15, 0.2) is 24.3 Å². The minimum Gasteiger partial charge on any atom is -0.384 e. The molecule has 9 heteroatoms. The SMILES string of the molecule is CS(=O)(=O)C(Cl)(Cl)C(O)c1cccc([N+](=O)[O-])c1. The van der Waals surface area contributed by atoms with Crippen LogP contribution in [0.1, 0.15) is 11.7 Å². The lowest BCUT2D eigenvalue weighted by Gasteiger charge is -2.23. The first-order chi connectivity index (χ1) is 8.07. The number of hydrogen-bond acceptors (Lipinski definition) is 5. The number of hydrogen-bond donors (Lipinski definition) is 1. The van der Waals surface area contributed by atoms with E-state index in [1.165, 1.54) is 18.2 Å². The fraction of sp³-hybridized carbons (Fsp3) is 0.333. The third-order valence-electron chi connectivity index (χ3n) is 2.21. The van der Waals surface area contributed by atoms with Crippen molar-refractivity contribution in [2.24, 2.45) is 0 Å². The molecule has 1 aromatic carbocycles. The van der Waals surface area contributed by atoms with Gasteiger partial charge in [0.05, 0.1) is 4.92 Å². The quantitative estimate of drug-likeness (QED) is 0.519. The topological polar surface area (TPSA) is 97.5 Å². The summed E-state index contributed by atoms with van der Waals surface area (Å²) in [7, 11) is -3.97. The van der Waals surface area contributed by atoms with E-state index < -0.39 is 24.5 Å². The third kappa shape index (κ3) is 2.92. The number of nitrogens with zero attached hydrogens (tertiary/aromatic N) is 1. The Labute approximate surface area is 113 Å². The summed E-state index contributed by atoms with van der Waals surface area (Å²) < 4.78 is 20.2. The minimum absolute atomic E-state index is 0.0559. The number of non-ortho nitro benzene ring substituents is 1. The van der Waals surface area contributed by atoms with Gasteiger partial charge in [-0.2, -0.15) is 0 Å². The van der Waals surface area contributed by atoms with Crippen molar-refractivity contribution in [3.63, 3.8) is 0 Å². The molecular weight excluding hydrogens is 305 g/mol. The molecule has 6 nitrogen and oxygen atoms in total. The van der Waals surface area contributed by atoms with Crippen molar-refractivity contribution in [1.82, 2.24) is 0 Å². The van der Waals surface area contributed by atoms with Crippen molar-refractivity contribution in [3.8, 4) is 0 Å². The molecule has 0 radical (unpaired) electrons. The molecular formula is C9H9Cl2NO5S. The van der Waals surface area contributed by atoms with Crippen molar-refractivity contribution in [2.45, 2.75) is 9.77 Å². The summed E-state index contributed by atoms with van der Waals surface area (Å²) in [6.07, 6.45) is -1.04. The molecule has 0 amide bonds. The molecule has 0 fully saturated rings. The second-order valence-corrected chi connectivity index (χ2v) is 7.61. The highest BCUT2D eigenvalue weighted by Crippen LogP contribution is 2.40. The van der Waals surface area contributed by atoms with Crippen LogP contribution in [0.2, 0.25) is 0 Å². The smallest absolute Gasteiger partial charge is 0.269 e. The maximum absolute atomic E-state index is 11.3. The van der Waals surface area contributed by atoms with Crippen molar-refractivity contribution in [3.05, 3.63) is 39.9 Å². The Morgan fingerprint density at radius 1 is 1.44 bits per heavy atom. The summed E-state index contributed by atoms with van der Waals surface area (Å²) in [6.45, 7) is 0. The van der Waals surface area contributed by atoms with Crippen molar-refractivity contribution in [1.29, 1.82) is 0 Å². The Bertz CT molecular complexity index is 572.